The number of ether oxygens (including phenoxy) is 3. The molecular weight excluding hydrogens is 555 g/mol. The minimum Gasteiger partial charge on any atom is -0.478 e. The van der Waals surface area contributed by atoms with E-state index in [0.717, 1.165) is 29.5 Å². The number of halogens is 1. The van der Waals surface area contributed by atoms with Crippen molar-refractivity contribution in [3.05, 3.63) is 88.7 Å². The number of carboxylic acid groups (broad SMARTS) is 1. The average molecular weight is 591 g/mol. The predicted molar refractivity (Wildman–Crippen MR) is 160 cm³/mol. The minimum absolute atomic E-state index is 0.210. The van der Waals surface area contributed by atoms with Gasteiger partial charge in [0.2, 0.25) is 0 Å². The molecule has 0 aliphatic heterocycles. The van der Waals surface area contributed by atoms with Crippen molar-refractivity contribution >= 4 is 28.5 Å². The highest BCUT2D eigenvalue weighted by Crippen LogP contribution is 2.46. The lowest BCUT2D eigenvalue weighted by molar-refractivity contribution is 0.0121. The van der Waals surface area contributed by atoms with Gasteiger partial charge in [0.25, 0.3) is 5.91 Å². The summed E-state index contributed by atoms with van der Waals surface area (Å²) in [6, 6.07) is 16.6. The second kappa shape index (κ2) is 14.3. The highest BCUT2D eigenvalue weighted by molar-refractivity contribution is 6.11. The molecule has 1 amide bonds. The molecule has 1 aliphatic carbocycles. The summed E-state index contributed by atoms with van der Waals surface area (Å²) in [6.45, 7) is 2.81. The second-order valence-corrected chi connectivity index (χ2v) is 10.3. The molecule has 0 radical (unpaired) electrons. The molecule has 1 aromatic heterocycles. The summed E-state index contributed by atoms with van der Waals surface area (Å²) < 4.78 is 36.5. The van der Waals surface area contributed by atoms with Crippen molar-refractivity contribution in [2.45, 2.75) is 25.4 Å². The molecule has 0 atom stereocenters. The highest BCUT2D eigenvalue weighted by atomic mass is 19.1. The van der Waals surface area contributed by atoms with E-state index in [-0.39, 0.29) is 23.9 Å². The van der Waals surface area contributed by atoms with Gasteiger partial charge < -0.3 is 34.4 Å². The van der Waals surface area contributed by atoms with E-state index in [1.807, 2.05) is 12.1 Å². The third-order valence-corrected chi connectivity index (χ3v) is 7.25. The first-order valence-electron chi connectivity index (χ1n) is 14.3. The van der Waals surface area contributed by atoms with Crippen molar-refractivity contribution in [1.29, 1.82) is 0 Å². The van der Waals surface area contributed by atoms with Crippen LogP contribution in [0.4, 0.5) is 10.1 Å². The minimum atomic E-state index is -0.974. The molecule has 0 spiro atoms. The van der Waals surface area contributed by atoms with Crippen LogP contribution in [0, 0.1) is 5.82 Å². The van der Waals surface area contributed by atoms with Gasteiger partial charge in [-0.05, 0) is 66.3 Å². The predicted octanol–water partition coefficient (Wildman–Crippen LogP) is 5.84. The Morgan fingerprint density at radius 2 is 1.65 bits per heavy atom. The smallest absolute Gasteiger partial charge is 0.336 e. The zero-order valence-electron chi connectivity index (χ0n) is 24.0. The van der Waals surface area contributed by atoms with Crippen LogP contribution in [0.3, 0.4) is 0 Å². The molecule has 1 aliphatic rings. The van der Waals surface area contributed by atoms with Gasteiger partial charge in [-0.2, -0.15) is 0 Å². The zero-order valence-corrected chi connectivity index (χ0v) is 24.0. The first-order chi connectivity index (χ1) is 21.0. The topological polar surface area (TPSA) is 119 Å². The Morgan fingerprint density at radius 1 is 0.953 bits per heavy atom. The first kappa shape index (κ1) is 30.2. The van der Waals surface area contributed by atoms with Crippen LogP contribution in [-0.4, -0.2) is 63.6 Å². The normalized spacial score (nSPS) is 12.9. The molecule has 9 nitrogen and oxygen atoms in total. The Labute approximate surface area is 248 Å². The van der Waals surface area contributed by atoms with Gasteiger partial charge in [-0.3, -0.25) is 4.79 Å². The molecule has 10 heteroatoms. The summed E-state index contributed by atoms with van der Waals surface area (Å²) >= 11 is 0. The summed E-state index contributed by atoms with van der Waals surface area (Å²) in [5.41, 5.74) is 4.59. The molecule has 43 heavy (non-hydrogen) atoms. The summed E-state index contributed by atoms with van der Waals surface area (Å²) in [5, 5.41) is 16.1. The number of aromatic carboxylic acids is 1. The Bertz CT molecular complexity index is 1560. The van der Waals surface area contributed by atoms with Crippen LogP contribution in [0.2, 0.25) is 0 Å². The molecule has 0 unspecified atom stereocenters. The van der Waals surface area contributed by atoms with Gasteiger partial charge in [0.1, 0.15) is 17.2 Å². The number of nitrogens with one attached hydrogen (secondary N) is 2. The molecule has 1 heterocycles. The van der Waals surface area contributed by atoms with E-state index in [9.17, 15) is 19.1 Å². The lowest BCUT2D eigenvalue weighted by Gasteiger charge is -2.13. The van der Waals surface area contributed by atoms with Gasteiger partial charge >= 0.3 is 5.97 Å². The number of amides is 1. The van der Waals surface area contributed by atoms with E-state index in [2.05, 4.69) is 10.6 Å². The van der Waals surface area contributed by atoms with E-state index in [0.29, 0.717) is 73.5 Å². The van der Waals surface area contributed by atoms with Gasteiger partial charge in [-0.15, -0.1) is 0 Å². The van der Waals surface area contributed by atoms with Crippen molar-refractivity contribution in [2.24, 2.45) is 0 Å². The molecule has 3 N–H and O–H groups in total. The number of carbonyl (C=O) groups excluding carboxylic acids is 1. The van der Waals surface area contributed by atoms with Crippen molar-refractivity contribution in [2.75, 3.05) is 51.9 Å². The molecule has 0 saturated heterocycles. The molecule has 226 valence electrons. The van der Waals surface area contributed by atoms with E-state index in [1.165, 1.54) is 12.1 Å². The number of carbonyl (C=O) groups is 2. The van der Waals surface area contributed by atoms with Crippen LogP contribution in [0.15, 0.2) is 65.1 Å². The van der Waals surface area contributed by atoms with Crippen LogP contribution >= 0.6 is 0 Å². The summed E-state index contributed by atoms with van der Waals surface area (Å²) in [7, 11) is 1.58. The Hall–Kier alpha value is -4.25. The maximum Gasteiger partial charge on any atom is 0.336 e. The lowest BCUT2D eigenvalue weighted by Crippen LogP contribution is -2.18. The summed E-state index contributed by atoms with van der Waals surface area (Å²) in [5.74, 6) is -0.761. The van der Waals surface area contributed by atoms with Crippen LogP contribution in [0.1, 0.15) is 50.6 Å². The van der Waals surface area contributed by atoms with Crippen LogP contribution in [-0.2, 0) is 20.8 Å². The third-order valence-electron chi connectivity index (χ3n) is 7.25. The third kappa shape index (κ3) is 7.59. The number of hydrogen-bond acceptors (Lipinski definition) is 7. The maximum atomic E-state index is 13.5. The molecule has 4 aromatic rings. The van der Waals surface area contributed by atoms with Crippen molar-refractivity contribution in [3.63, 3.8) is 0 Å². The van der Waals surface area contributed by atoms with Crippen molar-refractivity contribution < 1.29 is 37.7 Å². The average Bonchev–Trinajstić information content (AvgIpc) is 3.80. The number of benzene rings is 3. The molecular formula is C33H35FN2O7. The summed E-state index contributed by atoms with van der Waals surface area (Å²) in [4.78, 5) is 24.1. The quantitative estimate of drug-likeness (QED) is 0.139. The molecule has 5 rings (SSSR count). The fourth-order valence-corrected chi connectivity index (χ4v) is 4.93. The number of anilines is 1. The van der Waals surface area contributed by atoms with E-state index in [1.54, 1.807) is 43.4 Å². The van der Waals surface area contributed by atoms with Gasteiger partial charge in [0.05, 0.1) is 50.8 Å². The van der Waals surface area contributed by atoms with Crippen molar-refractivity contribution in [3.8, 4) is 11.3 Å². The van der Waals surface area contributed by atoms with E-state index < -0.39 is 5.97 Å². The first-order valence-corrected chi connectivity index (χ1v) is 14.3. The Kier molecular flexibility index (Phi) is 10.0. The molecule has 0 bridgehead atoms. The van der Waals surface area contributed by atoms with Crippen LogP contribution in [0.5, 0.6) is 0 Å². The number of fused-ring (bicyclic) bond motifs is 1. The largest absolute Gasteiger partial charge is 0.478 e. The lowest BCUT2D eigenvalue weighted by atomic mass is 10.0. The Morgan fingerprint density at radius 3 is 2.35 bits per heavy atom. The van der Waals surface area contributed by atoms with Gasteiger partial charge in [0, 0.05) is 36.3 Å². The molecule has 3 aromatic carbocycles. The fourth-order valence-electron chi connectivity index (χ4n) is 4.93. The zero-order chi connectivity index (χ0) is 30.2. The molecule has 1 saturated carbocycles. The number of hydrogen-bond donors (Lipinski definition) is 3. The van der Waals surface area contributed by atoms with Crippen LogP contribution < -0.4 is 10.6 Å². The van der Waals surface area contributed by atoms with E-state index in [4.69, 9.17) is 18.6 Å². The SMILES string of the molecule is CNC(=O)c1c(-c2ccc(F)cc2)oc2cc(NCCOCCOCCOCc3ccccc3C(=O)O)c(C3CC3)cc12. The summed E-state index contributed by atoms with van der Waals surface area (Å²) in [6.07, 6.45) is 2.17. The van der Waals surface area contributed by atoms with Crippen LogP contribution in [0.25, 0.3) is 22.3 Å². The number of carboxylic acids is 1. The highest BCUT2D eigenvalue weighted by Gasteiger charge is 2.29. The fraction of sp³-hybridized carbons (Fsp3) is 0.333. The van der Waals surface area contributed by atoms with Crippen molar-refractivity contribution in [1.82, 2.24) is 5.32 Å². The van der Waals surface area contributed by atoms with Gasteiger partial charge in [-0.1, -0.05) is 18.2 Å². The number of rotatable bonds is 16. The Balaban J connectivity index is 1.10. The monoisotopic (exact) mass is 590 g/mol. The van der Waals surface area contributed by atoms with Gasteiger partial charge in [-0.25, -0.2) is 9.18 Å². The standard InChI is InChI=1S/C33H35FN2O7/c1-35-32(37)30-27-18-26(21-6-7-21)28(19-29(27)43-31(30)22-8-10-24(34)11-9-22)36-12-13-40-14-15-41-16-17-42-20-23-4-2-3-5-25(23)33(38)39/h2-5,8-11,18-19,21,36H,6-7,12-17,20H2,1H3,(H,35,37)(H,38,39). The molecule has 1 fully saturated rings. The van der Waals surface area contributed by atoms with Gasteiger partial charge in [0.15, 0.2) is 0 Å². The maximum absolute atomic E-state index is 13.5. The second-order valence-electron chi connectivity index (χ2n) is 10.3. The van der Waals surface area contributed by atoms with E-state index >= 15 is 0 Å². The number of furan rings is 1.